The van der Waals surface area contributed by atoms with Gasteiger partial charge in [0.15, 0.2) is 0 Å². The van der Waals surface area contributed by atoms with Crippen molar-refractivity contribution < 1.29 is 4.39 Å². The van der Waals surface area contributed by atoms with Crippen LogP contribution in [0.4, 0.5) is 10.2 Å². The van der Waals surface area contributed by atoms with Gasteiger partial charge in [-0.3, -0.25) is 0 Å². The Bertz CT molecular complexity index is 600. The number of aromatic nitrogens is 2. The molecule has 0 fully saturated rings. The van der Waals surface area contributed by atoms with Crippen LogP contribution in [-0.2, 0) is 13.0 Å². The fourth-order valence-electron chi connectivity index (χ4n) is 2.26. The summed E-state index contributed by atoms with van der Waals surface area (Å²) in [7, 11) is 0. The average molecular weight is 296 g/mol. The van der Waals surface area contributed by atoms with E-state index in [0.717, 1.165) is 18.8 Å². The van der Waals surface area contributed by atoms with Crippen LogP contribution in [0.5, 0.6) is 0 Å². The Hall–Kier alpha value is -1.55. The Labute approximate surface area is 123 Å². The highest BCUT2D eigenvalue weighted by atomic mass is 35.5. The van der Waals surface area contributed by atoms with E-state index >= 15 is 0 Å². The number of benzene rings is 1. The van der Waals surface area contributed by atoms with Crippen molar-refractivity contribution in [2.75, 3.05) is 5.73 Å². The van der Waals surface area contributed by atoms with Gasteiger partial charge in [-0.1, -0.05) is 38.4 Å². The first kappa shape index (κ1) is 14.9. The first-order chi connectivity index (χ1) is 9.45. The maximum absolute atomic E-state index is 14.0. The van der Waals surface area contributed by atoms with Gasteiger partial charge in [0.05, 0.1) is 10.6 Å². The van der Waals surface area contributed by atoms with E-state index in [1.807, 2.05) is 11.5 Å². The number of nitrogens with two attached hydrogens (primary N) is 1. The third-order valence-electron chi connectivity index (χ3n) is 3.15. The molecule has 0 bridgehead atoms. The standard InChI is InChI=1S/C15H19ClFN3/c1-4-12-19-14(15(18)20(12)8-9(2)3)13-10(16)6-5-7-11(13)17/h5-7,9H,4,8,18H2,1-3H3. The minimum absolute atomic E-state index is 0.281. The molecule has 0 spiro atoms. The fraction of sp³-hybridized carbons (Fsp3) is 0.400. The van der Waals surface area contributed by atoms with Gasteiger partial charge in [0, 0.05) is 13.0 Å². The Kier molecular flexibility index (Phi) is 4.33. The molecule has 1 heterocycles. The van der Waals surface area contributed by atoms with Gasteiger partial charge < -0.3 is 10.3 Å². The van der Waals surface area contributed by atoms with Crippen molar-refractivity contribution in [2.24, 2.45) is 5.92 Å². The molecule has 0 amide bonds. The van der Waals surface area contributed by atoms with Gasteiger partial charge in [0.2, 0.25) is 0 Å². The predicted molar refractivity (Wildman–Crippen MR) is 81.3 cm³/mol. The number of nitrogens with zero attached hydrogens (tertiary/aromatic N) is 2. The molecule has 0 aliphatic heterocycles. The van der Waals surface area contributed by atoms with Gasteiger partial charge in [-0.15, -0.1) is 0 Å². The minimum Gasteiger partial charge on any atom is -0.383 e. The maximum atomic E-state index is 14.0. The second kappa shape index (κ2) is 5.83. The van der Waals surface area contributed by atoms with E-state index in [0.29, 0.717) is 22.5 Å². The number of hydrogen-bond acceptors (Lipinski definition) is 2. The zero-order chi connectivity index (χ0) is 14.9. The molecule has 2 N–H and O–H groups in total. The van der Waals surface area contributed by atoms with Crippen molar-refractivity contribution in [1.29, 1.82) is 0 Å². The maximum Gasteiger partial charge on any atom is 0.134 e. The van der Waals surface area contributed by atoms with E-state index in [2.05, 4.69) is 18.8 Å². The Morgan fingerprint density at radius 3 is 2.65 bits per heavy atom. The summed E-state index contributed by atoms with van der Waals surface area (Å²) in [5.74, 6) is 1.36. The monoisotopic (exact) mass is 295 g/mol. The highest BCUT2D eigenvalue weighted by molar-refractivity contribution is 6.33. The SMILES string of the molecule is CCc1nc(-c2c(F)cccc2Cl)c(N)n1CC(C)C. The topological polar surface area (TPSA) is 43.8 Å². The summed E-state index contributed by atoms with van der Waals surface area (Å²) in [5.41, 5.74) is 6.89. The summed E-state index contributed by atoms with van der Waals surface area (Å²) in [4.78, 5) is 4.49. The Morgan fingerprint density at radius 1 is 1.40 bits per heavy atom. The Morgan fingerprint density at radius 2 is 2.10 bits per heavy atom. The minimum atomic E-state index is -0.402. The van der Waals surface area contributed by atoms with Crippen molar-refractivity contribution in [1.82, 2.24) is 9.55 Å². The summed E-state index contributed by atoms with van der Waals surface area (Å²) in [6.45, 7) is 6.97. The van der Waals surface area contributed by atoms with Gasteiger partial charge in [-0.05, 0) is 18.1 Å². The van der Waals surface area contributed by atoms with Gasteiger partial charge in [0.25, 0.3) is 0 Å². The summed E-state index contributed by atoms with van der Waals surface area (Å²) in [6, 6.07) is 4.59. The molecule has 0 saturated carbocycles. The van der Waals surface area contributed by atoms with E-state index in [9.17, 15) is 4.39 Å². The summed E-state index contributed by atoms with van der Waals surface area (Å²) < 4.78 is 16.0. The molecule has 108 valence electrons. The molecule has 0 aliphatic carbocycles. The first-order valence-electron chi connectivity index (χ1n) is 6.74. The normalized spacial score (nSPS) is 11.3. The van der Waals surface area contributed by atoms with Crippen LogP contribution < -0.4 is 5.73 Å². The van der Waals surface area contributed by atoms with Gasteiger partial charge in [0.1, 0.15) is 23.2 Å². The lowest BCUT2D eigenvalue weighted by Crippen LogP contribution is -2.11. The Balaban J connectivity index is 2.61. The molecular formula is C15H19ClFN3. The van der Waals surface area contributed by atoms with Crippen molar-refractivity contribution in [3.63, 3.8) is 0 Å². The van der Waals surface area contributed by atoms with Crippen LogP contribution in [0.2, 0.25) is 5.02 Å². The number of halogens is 2. The van der Waals surface area contributed by atoms with Crippen LogP contribution in [0, 0.1) is 11.7 Å². The molecule has 0 saturated heterocycles. The van der Waals surface area contributed by atoms with Crippen molar-refractivity contribution in [3.05, 3.63) is 34.9 Å². The molecule has 2 aromatic rings. The van der Waals surface area contributed by atoms with E-state index in [1.54, 1.807) is 12.1 Å². The van der Waals surface area contributed by atoms with Crippen LogP contribution in [0.1, 0.15) is 26.6 Å². The molecule has 1 aromatic carbocycles. The zero-order valence-electron chi connectivity index (χ0n) is 12.0. The van der Waals surface area contributed by atoms with E-state index in [4.69, 9.17) is 17.3 Å². The quantitative estimate of drug-likeness (QED) is 0.921. The lowest BCUT2D eigenvalue weighted by Gasteiger charge is -2.11. The number of rotatable bonds is 4. The van der Waals surface area contributed by atoms with Crippen molar-refractivity contribution in [3.8, 4) is 11.3 Å². The number of imidazole rings is 1. The third kappa shape index (κ3) is 2.66. The molecule has 20 heavy (non-hydrogen) atoms. The molecule has 0 aliphatic rings. The smallest absolute Gasteiger partial charge is 0.134 e. The average Bonchev–Trinajstić information content (AvgIpc) is 2.67. The van der Waals surface area contributed by atoms with Crippen LogP contribution in [-0.4, -0.2) is 9.55 Å². The molecule has 1 aromatic heterocycles. The number of hydrogen-bond donors (Lipinski definition) is 1. The highest BCUT2D eigenvalue weighted by Gasteiger charge is 2.20. The lowest BCUT2D eigenvalue weighted by molar-refractivity contribution is 0.513. The van der Waals surface area contributed by atoms with Crippen LogP contribution >= 0.6 is 11.6 Å². The first-order valence-corrected chi connectivity index (χ1v) is 7.12. The van der Waals surface area contributed by atoms with Crippen molar-refractivity contribution >= 4 is 17.4 Å². The molecule has 2 rings (SSSR count). The van der Waals surface area contributed by atoms with Crippen LogP contribution in [0.25, 0.3) is 11.3 Å². The fourth-order valence-corrected chi connectivity index (χ4v) is 2.51. The van der Waals surface area contributed by atoms with Crippen molar-refractivity contribution in [2.45, 2.75) is 33.7 Å². The van der Waals surface area contributed by atoms with E-state index < -0.39 is 5.82 Å². The van der Waals surface area contributed by atoms with E-state index in [1.165, 1.54) is 6.07 Å². The van der Waals surface area contributed by atoms with Crippen LogP contribution in [0.3, 0.4) is 0 Å². The number of aryl methyl sites for hydroxylation is 1. The molecule has 0 radical (unpaired) electrons. The van der Waals surface area contributed by atoms with E-state index in [-0.39, 0.29) is 5.56 Å². The largest absolute Gasteiger partial charge is 0.383 e. The molecule has 3 nitrogen and oxygen atoms in total. The lowest BCUT2D eigenvalue weighted by atomic mass is 10.1. The molecule has 0 atom stereocenters. The highest BCUT2D eigenvalue weighted by Crippen LogP contribution is 2.34. The summed E-state index contributed by atoms with van der Waals surface area (Å²) in [5, 5.41) is 0.327. The van der Waals surface area contributed by atoms with Gasteiger partial charge in [-0.2, -0.15) is 0 Å². The third-order valence-corrected chi connectivity index (χ3v) is 3.46. The number of anilines is 1. The second-order valence-electron chi connectivity index (χ2n) is 5.22. The number of nitrogen functional groups attached to an aromatic ring is 1. The predicted octanol–water partition coefficient (Wildman–Crippen LogP) is 4.14. The summed E-state index contributed by atoms with van der Waals surface area (Å²) >= 11 is 6.10. The second-order valence-corrected chi connectivity index (χ2v) is 5.62. The van der Waals surface area contributed by atoms with Crippen LogP contribution in [0.15, 0.2) is 18.2 Å². The summed E-state index contributed by atoms with van der Waals surface area (Å²) in [6.07, 6.45) is 0.739. The molecular weight excluding hydrogens is 277 g/mol. The van der Waals surface area contributed by atoms with Gasteiger partial charge >= 0.3 is 0 Å². The zero-order valence-corrected chi connectivity index (χ0v) is 12.7. The van der Waals surface area contributed by atoms with Gasteiger partial charge in [-0.25, -0.2) is 9.37 Å². The molecule has 5 heteroatoms. The molecule has 0 unspecified atom stereocenters.